The van der Waals surface area contributed by atoms with Crippen molar-refractivity contribution in [1.82, 2.24) is 19.3 Å². The van der Waals surface area contributed by atoms with E-state index in [0.29, 0.717) is 18.7 Å². The minimum absolute atomic E-state index is 0.0609. The molecule has 0 amide bonds. The number of piperidine rings is 1. The smallest absolute Gasteiger partial charge is 0.211 e. The van der Waals surface area contributed by atoms with E-state index in [2.05, 4.69) is 20.3 Å². The number of sulfonamides is 1. The van der Waals surface area contributed by atoms with Crippen molar-refractivity contribution in [3.8, 4) is 0 Å². The summed E-state index contributed by atoms with van der Waals surface area (Å²) in [5, 5.41) is 4.28. The topological polar surface area (TPSA) is 88.1 Å². The number of hydrogen-bond donors (Lipinski definition) is 1. The summed E-state index contributed by atoms with van der Waals surface area (Å²) in [6, 6.07) is 2.08. The molecule has 3 rings (SSSR count). The number of rotatable bonds is 5. The van der Waals surface area contributed by atoms with E-state index in [9.17, 15) is 8.42 Å². The summed E-state index contributed by atoms with van der Waals surface area (Å²) in [5.74, 6) is 0.761. The van der Waals surface area contributed by atoms with Crippen LogP contribution in [0.2, 0.25) is 0 Å². The predicted molar refractivity (Wildman–Crippen MR) is 99.1 cm³/mol. The first-order valence-corrected chi connectivity index (χ1v) is 10.5. The van der Waals surface area contributed by atoms with Crippen molar-refractivity contribution >= 4 is 26.9 Å². The molecule has 1 saturated heterocycles. The average Bonchev–Trinajstić information content (AvgIpc) is 2.54. The van der Waals surface area contributed by atoms with Crippen molar-refractivity contribution in [2.75, 3.05) is 24.7 Å². The van der Waals surface area contributed by atoms with Crippen molar-refractivity contribution in [2.45, 2.75) is 45.6 Å². The maximum atomic E-state index is 12.0. The van der Waals surface area contributed by atoms with E-state index < -0.39 is 10.0 Å². The maximum Gasteiger partial charge on any atom is 0.211 e. The van der Waals surface area contributed by atoms with E-state index >= 15 is 0 Å². The van der Waals surface area contributed by atoms with Gasteiger partial charge in [0.2, 0.25) is 10.0 Å². The lowest BCUT2D eigenvalue weighted by Crippen LogP contribution is -2.43. The molecule has 1 aliphatic heterocycles. The molecule has 1 aliphatic rings. The van der Waals surface area contributed by atoms with Crippen LogP contribution in [0.25, 0.3) is 11.0 Å². The molecule has 0 saturated carbocycles. The van der Waals surface area contributed by atoms with Gasteiger partial charge in [-0.25, -0.2) is 23.4 Å². The van der Waals surface area contributed by atoms with Crippen LogP contribution in [0.3, 0.4) is 0 Å². The van der Waals surface area contributed by atoms with Gasteiger partial charge < -0.3 is 5.32 Å². The zero-order valence-corrected chi connectivity index (χ0v) is 15.8. The molecule has 1 N–H and O–H groups in total. The maximum absolute atomic E-state index is 12.0. The van der Waals surface area contributed by atoms with E-state index in [1.807, 2.05) is 19.9 Å². The lowest BCUT2D eigenvalue weighted by molar-refractivity contribution is 0.246. The van der Waals surface area contributed by atoms with Gasteiger partial charge in [0.05, 0.1) is 11.6 Å². The van der Waals surface area contributed by atoms with E-state index in [4.69, 9.17) is 0 Å². The number of fused-ring (bicyclic) bond motifs is 1. The zero-order chi connectivity index (χ0) is 18.0. The van der Waals surface area contributed by atoms with Crippen LogP contribution in [0.15, 0.2) is 12.4 Å². The molecule has 0 unspecified atom stereocenters. The van der Waals surface area contributed by atoms with Gasteiger partial charge in [-0.15, -0.1) is 0 Å². The third kappa shape index (κ3) is 4.07. The minimum Gasteiger partial charge on any atom is -0.369 e. The molecule has 25 heavy (non-hydrogen) atoms. The van der Waals surface area contributed by atoms with Gasteiger partial charge in [0.15, 0.2) is 5.65 Å². The lowest BCUT2D eigenvalue weighted by atomic mass is 10.0. The van der Waals surface area contributed by atoms with E-state index in [1.165, 1.54) is 12.6 Å². The standard InChI is InChI=1S/C17H25N5O2S/c1-12-10-13(2)21-17-15(12)16(19-11-20-17)18-8-7-14-6-4-5-9-22(14)25(3,23)24/h10-11,14H,4-9H2,1-3H3,(H,18,19,20,21)/t14-/m0/s1. The molecule has 1 fully saturated rings. The number of nitrogens with zero attached hydrogens (tertiary/aromatic N) is 4. The van der Waals surface area contributed by atoms with Crippen molar-refractivity contribution in [1.29, 1.82) is 0 Å². The molecule has 7 nitrogen and oxygen atoms in total. The molecule has 2 aromatic rings. The summed E-state index contributed by atoms with van der Waals surface area (Å²) in [4.78, 5) is 13.1. The van der Waals surface area contributed by atoms with Crippen molar-refractivity contribution in [2.24, 2.45) is 0 Å². The Hall–Kier alpha value is -1.80. The number of anilines is 1. The summed E-state index contributed by atoms with van der Waals surface area (Å²) in [6.45, 7) is 5.26. The molecule has 0 aromatic carbocycles. The Balaban J connectivity index is 1.73. The molecule has 0 spiro atoms. The summed E-state index contributed by atoms with van der Waals surface area (Å²) < 4.78 is 25.6. The van der Waals surface area contributed by atoms with Gasteiger partial charge in [-0.1, -0.05) is 6.42 Å². The van der Waals surface area contributed by atoms with Crippen LogP contribution < -0.4 is 5.32 Å². The fraction of sp³-hybridized carbons (Fsp3) is 0.588. The third-order valence-electron chi connectivity index (χ3n) is 4.70. The molecule has 2 aromatic heterocycles. The van der Waals surface area contributed by atoms with Crippen LogP contribution in [0.5, 0.6) is 0 Å². The largest absolute Gasteiger partial charge is 0.369 e. The molecule has 0 bridgehead atoms. The number of aromatic nitrogens is 3. The summed E-state index contributed by atoms with van der Waals surface area (Å²) in [7, 11) is -3.15. The highest BCUT2D eigenvalue weighted by Gasteiger charge is 2.28. The average molecular weight is 363 g/mol. The summed E-state index contributed by atoms with van der Waals surface area (Å²) in [6.07, 6.45) is 6.51. The van der Waals surface area contributed by atoms with E-state index in [1.54, 1.807) is 4.31 Å². The van der Waals surface area contributed by atoms with Crippen molar-refractivity contribution in [3.05, 3.63) is 23.7 Å². The Bertz CT molecular complexity index is 869. The second-order valence-corrected chi connectivity index (χ2v) is 8.68. The first-order valence-electron chi connectivity index (χ1n) is 8.66. The first kappa shape index (κ1) is 18.0. The monoisotopic (exact) mass is 363 g/mol. The SMILES string of the molecule is Cc1cc(C)c2c(NCC[C@@H]3CCCCN3S(C)(=O)=O)ncnc2n1. The number of pyridine rings is 1. The Kier molecular flexibility index (Phi) is 5.19. The zero-order valence-electron chi connectivity index (χ0n) is 15.0. The molecule has 136 valence electrons. The molecule has 0 aliphatic carbocycles. The Morgan fingerprint density at radius 1 is 1.28 bits per heavy atom. The molecular weight excluding hydrogens is 338 g/mol. The highest BCUT2D eigenvalue weighted by molar-refractivity contribution is 7.88. The van der Waals surface area contributed by atoms with Gasteiger partial charge in [-0.3, -0.25) is 0 Å². The highest BCUT2D eigenvalue weighted by atomic mass is 32.2. The fourth-order valence-corrected chi connectivity index (χ4v) is 4.81. The van der Waals surface area contributed by atoms with Gasteiger partial charge in [-0.2, -0.15) is 4.31 Å². The van der Waals surface area contributed by atoms with Crippen molar-refractivity contribution < 1.29 is 8.42 Å². The first-order chi connectivity index (χ1) is 11.9. The second-order valence-electron chi connectivity index (χ2n) is 6.74. The van der Waals surface area contributed by atoms with Crippen LogP contribution in [-0.4, -0.2) is 53.1 Å². The molecule has 0 radical (unpaired) electrons. The Labute approximate surface area is 148 Å². The number of nitrogens with one attached hydrogen (secondary N) is 1. The minimum atomic E-state index is -3.15. The van der Waals surface area contributed by atoms with Crippen molar-refractivity contribution in [3.63, 3.8) is 0 Å². The Morgan fingerprint density at radius 3 is 2.84 bits per heavy atom. The number of hydrogen-bond acceptors (Lipinski definition) is 6. The van der Waals surface area contributed by atoms with Gasteiger partial charge in [0.1, 0.15) is 12.1 Å². The van der Waals surface area contributed by atoms with E-state index in [-0.39, 0.29) is 6.04 Å². The van der Waals surface area contributed by atoms with Gasteiger partial charge in [0, 0.05) is 24.8 Å². The molecular formula is C17H25N5O2S. The van der Waals surface area contributed by atoms with Crippen LogP contribution in [0, 0.1) is 13.8 Å². The lowest BCUT2D eigenvalue weighted by Gasteiger charge is -2.33. The number of aryl methyl sites for hydroxylation is 2. The van der Waals surface area contributed by atoms with Crippen LogP contribution in [-0.2, 0) is 10.0 Å². The van der Waals surface area contributed by atoms with Gasteiger partial charge in [-0.05, 0) is 44.7 Å². The summed E-state index contributed by atoms with van der Waals surface area (Å²) >= 11 is 0. The second kappa shape index (κ2) is 7.21. The third-order valence-corrected chi connectivity index (χ3v) is 6.03. The quantitative estimate of drug-likeness (QED) is 0.877. The normalized spacial score (nSPS) is 19.2. The summed E-state index contributed by atoms with van der Waals surface area (Å²) in [5.41, 5.74) is 2.70. The fourth-order valence-electron chi connectivity index (χ4n) is 3.60. The van der Waals surface area contributed by atoms with E-state index in [0.717, 1.165) is 48.1 Å². The molecule has 3 heterocycles. The highest BCUT2D eigenvalue weighted by Crippen LogP contribution is 2.24. The van der Waals surface area contributed by atoms with Crippen LogP contribution in [0.1, 0.15) is 36.9 Å². The Morgan fingerprint density at radius 2 is 2.08 bits per heavy atom. The van der Waals surface area contributed by atoms with Crippen LogP contribution >= 0.6 is 0 Å². The van der Waals surface area contributed by atoms with Gasteiger partial charge >= 0.3 is 0 Å². The van der Waals surface area contributed by atoms with Gasteiger partial charge in [0.25, 0.3) is 0 Å². The molecule has 8 heteroatoms. The van der Waals surface area contributed by atoms with Crippen LogP contribution in [0.4, 0.5) is 5.82 Å². The predicted octanol–water partition coefficient (Wildman–Crippen LogP) is 2.26. The molecule has 1 atom stereocenters.